The number of carbonyl (C=O) groups excluding carboxylic acids is 3. The summed E-state index contributed by atoms with van der Waals surface area (Å²) in [4.78, 5) is 50.7. The molecule has 5 atom stereocenters. The molecular weight excluding hydrogens is 508 g/mol. The van der Waals surface area contributed by atoms with E-state index >= 15 is 0 Å². The van der Waals surface area contributed by atoms with Gasteiger partial charge in [0, 0.05) is 12.2 Å². The maximum absolute atomic E-state index is 13.4. The fourth-order valence-electron chi connectivity index (χ4n) is 3.72. The Hall–Kier alpha value is -3.57. The van der Waals surface area contributed by atoms with Crippen molar-refractivity contribution in [3.63, 3.8) is 0 Å². The summed E-state index contributed by atoms with van der Waals surface area (Å²) >= 11 is 3.97. The molecule has 10 nitrogen and oxygen atoms in total. The summed E-state index contributed by atoms with van der Waals surface area (Å²) in [6.45, 7) is 3.66. The van der Waals surface area contributed by atoms with Crippen LogP contribution in [0.5, 0.6) is 5.75 Å². The molecule has 2 aromatic rings. The molecule has 0 saturated carbocycles. The fraction of sp³-hybridized carbons (Fsp3) is 0.407. The molecule has 11 heteroatoms. The maximum Gasteiger partial charge on any atom is 0.327 e. The van der Waals surface area contributed by atoms with Gasteiger partial charge in [-0.05, 0) is 35.6 Å². The van der Waals surface area contributed by atoms with E-state index in [1.165, 1.54) is 12.1 Å². The van der Waals surface area contributed by atoms with Crippen molar-refractivity contribution in [3.8, 4) is 5.75 Å². The third-order valence-electron chi connectivity index (χ3n) is 6.23. The smallest absolute Gasteiger partial charge is 0.327 e. The number of rotatable bonds is 14. The summed E-state index contributed by atoms with van der Waals surface area (Å²) in [7, 11) is 0. The molecule has 7 N–H and O–H groups in total. The Morgan fingerprint density at radius 1 is 0.842 bits per heavy atom. The predicted molar refractivity (Wildman–Crippen MR) is 147 cm³/mol. The number of benzene rings is 2. The van der Waals surface area contributed by atoms with Crippen LogP contribution in [-0.2, 0) is 32.0 Å². The van der Waals surface area contributed by atoms with Crippen molar-refractivity contribution in [2.45, 2.75) is 57.3 Å². The van der Waals surface area contributed by atoms with Crippen LogP contribution in [0.1, 0.15) is 31.4 Å². The van der Waals surface area contributed by atoms with E-state index in [0.717, 1.165) is 5.56 Å². The molecule has 0 aromatic heterocycles. The summed E-state index contributed by atoms with van der Waals surface area (Å²) in [6, 6.07) is 11.0. The van der Waals surface area contributed by atoms with E-state index < -0.39 is 47.9 Å². The average molecular weight is 545 g/mol. The lowest BCUT2D eigenvalue weighted by molar-refractivity contribution is -0.141. The molecule has 38 heavy (non-hydrogen) atoms. The third-order valence-corrected chi connectivity index (χ3v) is 6.60. The van der Waals surface area contributed by atoms with Crippen LogP contribution in [0, 0.1) is 5.92 Å². The highest BCUT2D eigenvalue weighted by molar-refractivity contribution is 7.80. The van der Waals surface area contributed by atoms with Gasteiger partial charge < -0.3 is 31.9 Å². The van der Waals surface area contributed by atoms with Crippen molar-refractivity contribution in [1.29, 1.82) is 0 Å². The van der Waals surface area contributed by atoms with Crippen LogP contribution >= 0.6 is 12.6 Å². The lowest BCUT2D eigenvalue weighted by atomic mass is 9.96. The first-order valence-corrected chi connectivity index (χ1v) is 13.0. The van der Waals surface area contributed by atoms with E-state index in [1.807, 2.05) is 37.3 Å². The second-order valence-corrected chi connectivity index (χ2v) is 9.55. The van der Waals surface area contributed by atoms with Gasteiger partial charge in [-0.2, -0.15) is 12.6 Å². The molecule has 206 valence electrons. The predicted octanol–water partition coefficient (Wildman–Crippen LogP) is 1.02. The highest BCUT2D eigenvalue weighted by atomic mass is 32.1. The van der Waals surface area contributed by atoms with Gasteiger partial charge in [-0.25, -0.2) is 4.79 Å². The lowest BCUT2D eigenvalue weighted by Crippen LogP contribution is -2.59. The number of aliphatic carboxylic acids is 1. The Morgan fingerprint density at radius 2 is 1.42 bits per heavy atom. The standard InChI is InChI=1S/C27H36N4O6S/c1-3-16(2)23(31-24(33)20(28)13-17-7-5-4-6-8-17)26(35)29-21(14-18-9-11-19(32)12-10-18)25(34)30-22(15-38)27(36)37/h4-12,16,20-23,32,38H,3,13-15,28H2,1-2H3,(H,29,35)(H,30,34)(H,31,33)(H,36,37). The molecule has 0 saturated heterocycles. The van der Waals surface area contributed by atoms with E-state index in [1.54, 1.807) is 19.1 Å². The Balaban J connectivity index is 2.21. The van der Waals surface area contributed by atoms with Crippen LogP contribution in [0.15, 0.2) is 54.6 Å². The number of phenols is 1. The zero-order valence-electron chi connectivity index (χ0n) is 21.5. The molecule has 0 heterocycles. The molecular formula is C27H36N4O6S. The molecule has 3 amide bonds. The minimum atomic E-state index is -1.26. The van der Waals surface area contributed by atoms with Crippen molar-refractivity contribution in [1.82, 2.24) is 16.0 Å². The van der Waals surface area contributed by atoms with Gasteiger partial charge in [0.25, 0.3) is 0 Å². The molecule has 0 spiro atoms. The summed E-state index contributed by atoms with van der Waals surface area (Å²) in [6.07, 6.45) is 0.862. The van der Waals surface area contributed by atoms with Crippen LogP contribution in [0.3, 0.4) is 0 Å². The van der Waals surface area contributed by atoms with Crippen LogP contribution in [0.2, 0.25) is 0 Å². The van der Waals surface area contributed by atoms with Crippen molar-refractivity contribution in [2.75, 3.05) is 5.75 Å². The van der Waals surface area contributed by atoms with Gasteiger partial charge in [-0.3, -0.25) is 14.4 Å². The summed E-state index contributed by atoms with van der Waals surface area (Å²) in [5, 5.41) is 26.7. The normalized spacial score (nSPS) is 14.8. The first kappa shape index (κ1) is 30.7. The lowest BCUT2D eigenvalue weighted by Gasteiger charge is -2.28. The molecule has 0 aliphatic heterocycles. The second kappa shape index (κ2) is 15.0. The Labute approximate surface area is 227 Å². The summed E-state index contributed by atoms with van der Waals surface area (Å²) < 4.78 is 0. The van der Waals surface area contributed by atoms with Crippen molar-refractivity contribution in [3.05, 3.63) is 65.7 Å². The number of phenolic OH excluding ortho intramolecular Hbond substituents is 1. The van der Waals surface area contributed by atoms with E-state index in [9.17, 15) is 29.4 Å². The Bertz CT molecular complexity index is 1080. The minimum absolute atomic E-state index is 0.0193. The monoisotopic (exact) mass is 544 g/mol. The topological polar surface area (TPSA) is 171 Å². The number of nitrogens with one attached hydrogen (secondary N) is 3. The van der Waals surface area contributed by atoms with Gasteiger partial charge in [0.2, 0.25) is 17.7 Å². The third kappa shape index (κ3) is 9.38. The molecule has 2 rings (SSSR count). The average Bonchev–Trinajstić information content (AvgIpc) is 2.90. The number of hydrogen-bond donors (Lipinski definition) is 7. The summed E-state index contributed by atoms with van der Waals surface area (Å²) in [5.74, 6) is -3.49. The van der Waals surface area contributed by atoms with Crippen molar-refractivity contribution >= 4 is 36.3 Å². The molecule has 0 radical (unpaired) electrons. The van der Waals surface area contributed by atoms with Gasteiger partial charge in [-0.1, -0.05) is 62.7 Å². The molecule has 0 aliphatic carbocycles. The number of aromatic hydroxyl groups is 1. The number of thiol groups is 1. The van der Waals surface area contributed by atoms with Gasteiger partial charge in [0.1, 0.15) is 23.9 Å². The largest absolute Gasteiger partial charge is 0.508 e. The fourth-order valence-corrected chi connectivity index (χ4v) is 3.97. The number of hydrogen-bond acceptors (Lipinski definition) is 7. The SMILES string of the molecule is CCC(C)C(NC(=O)C(N)Cc1ccccc1)C(=O)NC(Cc1ccc(O)cc1)C(=O)NC(CS)C(=O)O. The van der Waals surface area contributed by atoms with Gasteiger partial charge >= 0.3 is 5.97 Å². The van der Waals surface area contributed by atoms with Crippen LogP contribution in [-0.4, -0.2) is 63.8 Å². The molecule has 2 aromatic carbocycles. The maximum atomic E-state index is 13.4. The van der Waals surface area contributed by atoms with Gasteiger partial charge in [0.05, 0.1) is 6.04 Å². The highest BCUT2D eigenvalue weighted by Crippen LogP contribution is 2.14. The van der Waals surface area contributed by atoms with Gasteiger partial charge in [0.15, 0.2) is 0 Å². The van der Waals surface area contributed by atoms with Crippen LogP contribution < -0.4 is 21.7 Å². The molecule has 0 fully saturated rings. The van der Waals surface area contributed by atoms with E-state index in [4.69, 9.17) is 5.73 Å². The highest BCUT2D eigenvalue weighted by Gasteiger charge is 2.32. The quantitative estimate of drug-likeness (QED) is 0.174. The number of nitrogens with two attached hydrogens (primary N) is 1. The Morgan fingerprint density at radius 3 is 1.97 bits per heavy atom. The zero-order valence-corrected chi connectivity index (χ0v) is 22.4. The van der Waals surface area contributed by atoms with Crippen molar-refractivity contribution in [2.24, 2.45) is 11.7 Å². The molecule has 5 unspecified atom stereocenters. The molecule has 0 bridgehead atoms. The van der Waals surface area contributed by atoms with Gasteiger partial charge in [-0.15, -0.1) is 0 Å². The van der Waals surface area contributed by atoms with E-state index in [0.29, 0.717) is 12.0 Å². The first-order valence-electron chi connectivity index (χ1n) is 12.4. The summed E-state index contributed by atoms with van der Waals surface area (Å²) in [5.41, 5.74) is 7.61. The Kier molecular flexibility index (Phi) is 12.1. The number of carboxylic acids is 1. The molecule has 0 aliphatic rings. The van der Waals surface area contributed by atoms with E-state index in [-0.39, 0.29) is 30.3 Å². The minimum Gasteiger partial charge on any atom is -0.508 e. The number of carboxylic acid groups (broad SMARTS) is 1. The second-order valence-electron chi connectivity index (χ2n) is 9.18. The first-order chi connectivity index (χ1) is 18.0. The number of amides is 3. The zero-order chi connectivity index (χ0) is 28.2. The van der Waals surface area contributed by atoms with Crippen LogP contribution in [0.4, 0.5) is 0 Å². The van der Waals surface area contributed by atoms with Crippen molar-refractivity contribution < 1.29 is 29.4 Å². The number of carbonyl (C=O) groups is 4. The van der Waals surface area contributed by atoms with Crippen LogP contribution in [0.25, 0.3) is 0 Å². The van der Waals surface area contributed by atoms with E-state index in [2.05, 4.69) is 28.6 Å².